The fourth-order valence-corrected chi connectivity index (χ4v) is 5.79. The van der Waals surface area contributed by atoms with Gasteiger partial charge in [0.1, 0.15) is 17.4 Å². The number of imidazole rings is 1. The first-order valence-electron chi connectivity index (χ1n) is 13.7. The fourth-order valence-electron chi connectivity index (χ4n) is 5.79. The largest absolute Gasteiger partial charge is 0.473 e. The average Bonchev–Trinajstić information content (AvgIpc) is 3.48. The first kappa shape index (κ1) is 23.8. The molecule has 10 heteroatoms. The predicted molar refractivity (Wildman–Crippen MR) is 141 cm³/mol. The van der Waals surface area contributed by atoms with Crippen LogP contribution < -0.4 is 15.0 Å². The van der Waals surface area contributed by atoms with E-state index in [9.17, 15) is 4.79 Å². The van der Waals surface area contributed by atoms with Crippen LogP contribution in [0.25, 0.3) is 22.3 Å². The van der Waals surface area contributed by atoms with Crippen molar-refractivity contribution < 1.29 is 18.7 Å². The monoisotopic (exact) mass is 520 g/mol. The number of hydrogen-bond donors (Lipinski definition) is 1. The molecule has 2 atom stereocenters. The molecule has 1 aliphatic carbocycles. The van der Waals surface area contributed by atoms with Crippen molar-refractivity contribution in [3.63, 3.8) is 0 Å². The Hall–Kier alpha value is -3.24. The smallest absolute Gasteiger partial charge is 0.241 e. The fraction of sp³-hybridized carbons (Fsp3) is 0.536. The number of pyridine rings is 1. The average molecular weight is 521 g/mol. The molecule has 5 heterocycles. The van der Waals surface area contributed by atoms with Crippen LogP contribution in [-0.4, -0.2) is 83.4 Å². The molecule has 3 saturated heterocycles. The van der Waals surface area contributed by atoms with E-state index in [-0.39, 0.29) is 23.7 Å². The number of anilines is 1. The van der Waals surface area contributed by atoms with Gasteiger partial charge in [-0.05, 0) is 44.0 Å². The zero-order valence-corrected chi connectivity index (χ0v) is 21.6. The van der Waals surface area contributed by atoms with Gasteiger partial charge in [0.2, 0.25) is 11.8 Å². The minimum atomic E-state index is -0.310. The maximum atomic E-state index is 15.6. The molecule has 38 heavy (non-hydrogen) atoms. The van der Waals surface area contributed by atoms with Gasteiger partial charge in [0, 0.05) is 62.4 Å². The summed E-state index contributed by atoms with van der Waals surface area (Å²) in [5.41, 5.74) is 3.40. The van der Waals surface area contributed by atoms with Crippen LogP contribution in [0, 0.1) is 11.7 Å². The highest BCUT2D eigenvalue weighted by atomic mass is 19.1. The van der Waals surface area contributed by atoms with Gasteiger partial charge in [-0.3, -0.25) is 9.69 Å². The minimum absolute atomic E-state index is 0.0426. The molecule has 9 nitrogen and oxygen atoms in total. The van der Waals surface area contributed by atoms with Crippen molar-refractivity contribution in [2.24, 2.45) is 5.92 Å². The Balaban J connectivity index is 1.16. The number of amides is 1. The van der Waals surface area contributed by atoms with Gasteiger partial charge >= 0.3 is 0 Å². The van der Waals surface area contributed by atoms with E-state index in [0.717, 1.165) is 69.0 Å². The molecule has 4 aliphatic rings. The topological polar surface area (TPSA) is 84.8 Å². The molecule has 1 saturated carbocycles. The molecule has 1 aromatic carbocycles. The molecule has 3 aliphatic heterocycles. The third kappa shape index (κ3) is 4.39. The van der Waals surface area contributed by atoms with Crippen LogP contribution in [0.3, 0.4) is 0 Å². The molecule has 200 valence electrons. The number of piperazine rings is 1. The van der Waals surface area contributed by atoms with Gasteiger partial charge in [-0.25, -0.2) is 14.4 Å². The Morgan fingerprint density at radius 3 is 2.61 bits per heavy atom. The van der Waals surface area contributed by atoms with Crippen molar-refractivity contribution in [2.75, 3.05) is 50.8 Å². The molecule has 0 spiro atoms. The highest BCUT2D eigenvalue weighted by Crippen LogP contribution is 2.41. The van der Waals surface area contributed by atoms with Crippen molar-refractivity contribution in [1.82, 2.24) is 24.8 Å². The van der Waals surface area contributed by atoms with Crippen LogP contribution in [0.2, 0.25) is 0 Å². The summed E-state index contributed by atoms with van der Waals surface area (Å²) in [7, 11) is 0. The second-order valence-electron chi connectivity index (χ2n) is 11.0. The lowest BCUT2D eigenvalue weighted by atomic mass is 10.0. The first-order valence-corrected chi connectivity index (χ1v) is 13.7. The number of hydrogen-bond acceptors (Lipinski definition) is 7. The number of rotatable bonds is 7. The number of fused-ring (bicyclic) bond motifs is 1. The zero-order valence-electron chi connectivity index (χ0n) is 21.6. The van der Waals surface area contributed by atoms with Crippen LogP contribution in [-0.2, 0) is 9.53 Å². The highest BCUT2D eigenvalue weighted by molar-refractivity contribution is 5.85. The number of aromatic nitrogens is 3. The van der Waals surface area contributed by atoms with Crippen LogP contribution in [0.15, 0.2) is 30.6 Å². The van der Waals surface area contributed by atoms with Gasteiger partial charge in [0.25, 0.3) is 0 Å². The highest BCUT2D eigenvalue weighted by Gasteiger charge is 2.32. The number of ether oxygens (including phenoxy) is 2. The quantitative estimate of drug-likeness (QED) is 0.513. The van der Waals surface area contributed by atoms with Crippen LogP contribution in [0.4, 0.5) is 10.1 Å². The van der Waals surface area contributed by atoms with Gasteiger partial charge in [-0.15, -0.1) is 0 Å². The van der Waals surface area contributed by atoms with Crippen molar-refractivity contribution in [1.29, 1.82) is 0 Å². The summed E-state index contributed by atoms with van der Waals surface area (Å²) in [6.07, 6.45) is 4.25. The predicted octanol–water partition coefficient (Wildman–Crippen LogP) is 3.00. The molecule has 4 fully saturated rings. The van der Waals surface area contributed by atoms with E-state index in [2.05, 4.69) is 24.7 Å². The molecule has 3 aromatic rings. The summed E-state index contributed by atoms with van der Waals surface area (Å²) in [6, 6.07) is 8.19. The number of halogens is 1. The van der Waals surface area contributed by atoms with E-state index < -0.39 is 0 Å². The summed E-state index contributed by atoms with van der Waals surface area (Å²) in [4.78, 5) is 25.9. The Kier molecular flexibility index (Phi) is 5.96. The van der Waals surface area contributed by atoms with Gasteiger partial charge < -0.3 is 24.3 Å². The summed E-state index contributed by atoms with van der Waals surface area (Å²) in [5.74, 6) is 0.248. The standard InChI is InChI=1S/C28H33FN6O3/c1-17(18-10-26(36)30-13-18)38-28-27-25(31-16-35(27)19-2-3-19)12-24(32-28)22-5-4-20(11-23(22)29)33-6-8-34(9-7-33)21-14-37-15-21/h4-5,11-12,16-19,21H,2-3,6-10,13-15H2,1H3,(H,30,36). The lowest BCUT2D eigenvalue weighted by Gasteiger charge is -2.43. The lowest BCUT2D eigenvalue weighted by Crippen LogP contribution is -2.56. The maximum absolute atomic E-state index is 15.6. The maximum Gasteiger partial charge on any atom is 0.241 e. The van der Waals surface area contributed by atoms with E-state index in [4.69, 9.17) is 14.5 Å². The molecule has 2 unspecified atom stereocenters. The van der Waals surface area contributed by atoms with Crippen molar-refractivity contribution >= 4 is 22.6 Å². The molecular formula is C28H33FN6O3. The molecule has 0 radical (unpaired) electrons. The second-order valence-corrected chi connectivity index (χ2v) is 11.0. The van der Waals surface area contributed by atoms with Gasteiger partial charge in [-0.2, -0.15) is 0 Å². The van der Waals surface area contributed by atoms with E-state index in [1.165, 1.54) is 0 Å². The van der Waals surface area contributed by atoms with Crippen LogP contribution in [0.5, 0.6) is 5.88 Å². The Bertz CT molecular complexity index is 1360. The summed E-state index contributed by atoms with van der Waals surface area (Å²) in [6.45, 7) is 7.85. The second kappa shape index (κ2) is 9.50. The number of carbonyl (C=O) groups is 1. The van der Waals surface area contributed by atoms with E-state index >= 15 is 4.39 Å². The Morgan fingerprint density at radius 2 is 1.95 bits per heavy atom. The Labute approximate surface area is 220 Å². The first-order chi connectivity index (χ1) is 18.5. The SMILES string of the molecule is CC(Oc1nc(-c2ccc(N3CCN(C4COC4)CC3)cc2F)cc2ncn(C3CC3)c12)C1CNC(=O)C1. The number of nitrogens with zero attached hydrogens (tertiary/aromatic N) is 5. The summed E-state index contributed by atoms with van der Waals surface area (Å²) in [5, 5.41) is 2.88. The molecule has 1 amide bonds. The summed E-state index contributed by atoms with van der Waals surface area (Å²) >= 11 is 0. The summed E-state index contributed by atoms with van der Waals surface area (Å²) < 4.78 is 29.4. The van der Waals surface area contributed by atoms with Crippen molar-refractivity contribution in [3.8, 4) is 17.1 Å². The normalized spacial score (nSPS) is 23.5. The van der Waals surface area contributed by atoms with E-state index in [0.29, 0.717) is 42.2 Å². The minimum Gasteiger partial charge on any atom is -0.473 e. The third-order valence-corrected chi connectivity index (χ3v) is 8.48. The van der Waals surface area contributed by atoms with Gasteiger partial charge in [0.15, 0.2) is 0 Å². The number of carbonyl (C=O) groups excluding carboxylic acids is 1. The zero-order chi connectivity index (χ0) is 25.8. The van der Waals surface area contributed by atoms with Crippen molar-refractivity contribution in [2.45, 2.75) is 44.4 Å². The van der Waals surface area contributed by atoms with Crippen molar-refractivity contribution in [3.05, 3.63) is 36.4 Å². The molecule has 7 rings (SSSR count). The number of benzene rings is 1. The molecular weight excluding hydrogens is 487 g/mol. The van der Waals surface area contributed by atoms with Crippen LogP contribution >= 0.6 is 0 Å². The molecule has 1 N–H and O–H groups in total. The van der Waals surface area contributed by atoms with Gasteiger partial charge in [-0.1, -0.05) is 0 Å². The molecule has 0 bridgehead atoms. The van der Waals surface area contributed by atoms with Crippen LogP contribution in [0.1, 0.15) is 32.2 Å². The van der Waals surface area contributed by atoms with Gasteiger partial charge in [0.05, 0.1) is 36.8 Å². The Morgan fingerprint density at radius 1 is 1.13 bits per heavy atom. The lowest BCUT2D eigenvalue weighted by molar-refractivity contribution is -0.119. The van der Waals surface area contributed by atoms with E-state index in [1.54, 1.807) is 6.07 Å². The molecule has 2 aromatic heterocycles. The van der Waals surface area contributed by atoms with E-state index in [1.807, 2.05) is 31.5 Å². The number of nitrogens with one attached hydrogen (secondary N) is 1. The third-order valence-electron chi connectivity index (χ3n) is 8.48.